The summed E-state index contributed by atoms with van der Waals surface area (Å²) in [6.07, 6.45) is 0.729. The minimum atomic E-state index is -0.260. The third-order valence-electron chi connectivity index (χ3n) is 3.39. The summed E-state index contributed by atoms with van der Waals surface area (Å²) < 4.78 is 16.1. The maximum absolute atomic E-state index is 12.0. The summed E-state index contributed by atoms with van der Waals surface area (Å²) in [7, 11) is 1.59. The molecule has 2 aromatic carbocycles. The molecule has 0 bridgehead atoms. The number of rotatable bonds is 9. The Kier molecular flexibility index (Phi) is 6.83. The third-order valence-corrected chi connectivity index (χ3v) is 3.39. The SMILES string of the molecule is CCOc1cc(C=O)ccc1OCC(=O)NCc1cccc(OC)c1. The fourth-order valence-corrected chi connectivity index (χ4v) is 2.16. The van der Waals surface area contributed by atoms with Gasteiger partial charge in [0.05, 0.1) is 13.7 Å². The molecule has 0 spiro atoms. The van der Waals surface area contributed by atoms with Crippen LogP contribution in [0.3, 0.4) is 0 Å². The second-order valence-electron chi connectivity index (χ2n) is 5.17. The monoisotopic (exact) mass is 343 g/mol. The average Bonchev–Trinajstić information content (AvgIpc) is 2.65. The van der Waals surface area contributed by atoms with Crippen molar-refractivity contribution in [3.05, 3.63) is 53.6 Å². The Morgan fingerprint density at radius 1 is 1.12 bits per heavy atom. The quantitative estimate of drug-likeness (QED) is 0.709. The van der Waals surface area contributed by atoms with E-state index in [-0.39, 0.29) is 12.5 Å². The van der Waals surface area contributed by atoms with E-state index in [0.717, 1.165) is 17.6 Å². The first kappa shape index (κ1) is 18.3. The van der Waals surface area contributed by atoms with Crippen molar-refractivity contribution in [3.63, 3.8) is 0 Å². The van der Waals surface area contributed by atoms with Crippen molar-refractivity contribution >= 4 is 12.2 Å². The van der Waals surface area contributed by atoms with Gasteiger partial charge in [-0.15, -0.1) is 0 Å². The molecule has 1 amide bonds. The fourth-order valence-electron chi connectivity index (χ4n) is 2.16. The molecule has 0 atom stereocenters. The molecule has 0 saturated heterocycles. The Balaban J connectivity index is 1.90. The number of hydrogen-bond acceptors (Lipinski definition) is 5. The number of carbonyl (C=O) groups is 2. The number of amides is 1. The van der Waals surface area contributed by atoms with Crippen LogP contribution in [0, 0.1) is 0 Å². The first-order chi connectivity index (χ1) is 12.2. The molecule has 1 N–H and O–H groups in total. The number of aldehydes is 1. The molecule has 0 aliphatic carbocycles. The molecule has 0 heterocycles. The van der Waals surface area contributed by atoms with Gasteiger partial charge in [-0.05, 0) is 42.8 Å². The van der Waals surface area contributed by atoms with Crippen molar-refractivity contribution in [2.24, 2.45) is 0 Å². The van der Waals surface area contributed by atoms with E-state index in [9.17, 15) is 9.59 Å². The molecule has 132 valence electrons. The Labute approximate surface area is 146 Å². The van der Waals surface area contributed by atoms with Crippen LogP contribution < -0.4 is 19.5 Å². The van der Waals surface area contributed by atoms with Crippen LogP contribution in [0.25, 0.3) is 0 Å². The summed E-state index contributed by atoms with van der Waals surface area (Å²) in [5.74, 6) is 1.33. The summed E-state index contributed by atoms with van der Waals surface area (Å²) in [5, 5.41) is 2.78. The molecule has 0 aliphatic rings. The lowest BCUT2D eigenvalue weighted by Crippen LogP contribution is -2.28. The minimum Gasteiger partial charge on any atom is -0.497 e. The number of hydrogen-bond donors (Lipinski definition) is 1. The summed E-state index contributed by atoms with van der Waals surface area (Å²) in [4.78, 5) is 22.8. The molecule has 0 unspecified atom stereocenters. The molecular formula is C19H21NO5. The van der Waals surface area contributed by atoms with Gasteiger partial charge in [0.25, 0.3) is 5.91 Å². The second-order valence-corrected chi connectivity index (χ2v) is 5.17. The lowest BCUT2D eigenvalue weighted by molar-refractivity contribution is -0.123. The predicted octanol–water partition coefficient (Wildman–Crippen LogP) is 2.60. The number of carbonyl (C=O) groups excluding carboxylic acids is 2. The van der Waals surface area contributed by atoms with Crippen LogP contribution in [0.1, 0.15) is 22.8 Å². The van der Waals surface area contributed by atoms with Crippen LogP contribution >= 0.6 is 0 Å². The molecule has 6 nitrogen and oxygen atoms in total. The molecule has 0 saturated carbocycles. The molecule has 0 radical (unpaired) electrons. The second kappa shape index (κ2) is 9.32. The molecule has 6 heteroatoms. The van der Waals surface area contributed by atoms with Crippen molar-refractivity contribution in [2.75, 3.05) is 20.3 Å². The van der Waals surface area contributed by atoms with Crippen LogP contribution in [-0.2, 0) is 11.3 Å². The van der Waals surface area contributed by atoms with Gasteiger partial charge >= 0.3 is 0 Å². The highest BCUT2D eigenvalue weighted by atomic mass is 16.5. The molecule has 2 aromatic rings. The van der Waals surface area contributed by atoms with Gasteiger partial charge in [-0.1, -0.05) is 12.1 Å². The summed E-state index contributed by atoms with van der Waals surface area (Å²) >= 11 is 0. The molecule has 25 heavy (non-hydrogen) atoms. The molecule has 0 aliphatic heterocycles. The van der Waals surface area contributed by atoms with E-state index in [1.807, 2.05) is 31.2 Å². The van der Waals surface area contributed by atoms with Crippen LogP contribution in [-0.4, -0.2) is 32.5 Å². The normalized spacial score (nSPS) is 10.0. The standard InChI is InChI=1S/C19H21NO5/c1-3-24-18-10-15(12-21)7-8-17(18)25-13-19(22)20-11-14-5-4-6-16(9-14)23-2/h4-10,12H,3,11,13H2,1-2H3,(H,20,22). The third kappa shape index (κ3) is 5.53. The highest BCUT2D eigenvalue weighted by Gasteiger charge is 2.09. The van der Waals surface area contributed by atoms with E-state index >= 15 is 0 Å². The highest BCUT2D eigenvalue weighted by Crippen LogP contribution is 2.28. The van der Waals surface area contributed by atoms with E-state index in [2.05, 4.69) is 5.32 Å². The lowest BCUT2D eigenvalue weighted by Gasteiger charge is -2.12. The lowest BCUT2D eigenvalue weighted by atomic mass is 10.2. The smallest absolute Gasteiger partial charge is 0.258 e. The minimum absolute atomic E-state index is 0.148. The Bertz CT molecular complexity index is 730. The Morgan fingerprint density at radius 2 is 1.96 bits per heavy atom. The van der Waals surface area contributed by atoms with Crippen LogP contribution in [0.5, 0.6) is 17.2 Å². The first-order valence-electron chi connectivity index (χ1n) is 7.90. The van der Waals surface area contributed by atoms with Gasteiger partial charge in [0, 0.05) is 12.1 Å². The topological polar surface area (TPSA) is 73.9 Å². The fraction of sp³-hybridized carbons (Fsp3) is 0.263. The maximum Gasteiger partial charge on any atom is 0.258 e. The van der Waals surface area contributed by atoms with Gasteiger partial charge in [-0.2, -0.15) is 0 Å². The van der Waals surface area contributed by atoms with Crippen molar-refractivity contribution in [3.8, 4) is 17.2 Å². The summed E-state index contributed by atoms with van der Waals surface area (Å²) in [5.41, 5.74) is 1.41. The zero-order valence-electron chi connectivity index (χ0n) is 14.3. The van der Waals surface area contributed by atoms with E-state index in [4.69, 9.17) is 14.2 Å². The van der Waals surface area contributed by atoms with E-state index < -0.39 is 0 Å². The molecule has 0 aromatic heterocycles. The van der Waals surface area contributed by atoms with Crippen molar-refractivity contribution in [1.82, 2.24) is 5.32 Å². The van der Waals surface area contributed by atoms with Crippen LogP contribution in [0.15, 0.2) is 42.5 Å². The highest BCUT2D eigenvalue weighted by molar-refractivity contribution is 5.78. The van der Waals surface area contributed by atoms with Gasteiger partial charge in [0.1, 0.15) is 12.0 Å². The first-order valence-corrected chi connectivity index (χ1v) is 7.90. The number of nitrogens with one attached hydrogen (secondary N) is 1. The maximum atomic E-state index is 12.0. The Hall–Kier alpha value is -3.02. The van der Waals surface area contributed by atoms with Gasteiger partial charge < -0.3 is 19.5 Å². The largest absolute Gasteiger partial charge is 0.497 e. The predicted molar refractivity (Wildman–Crippen MR) is 93.3 cm³/mol. The van der Waals surface area contributed by atoms with Crippen molar-refractivity contribution in [2.45, 2.75) is 13.5 Å². The molecule has 2 rings (SSSR count). The van der Waals surface area contributed by atoms with E-state index in [0.29, 0.717) is 30.2 Å². The zero-order chi connectivity index (χ0) is 18.1. The van der Waals surface area contributed by atoms with Gasteiger partial charge in [-0.25, -0.2) is 0 Å². The Morgan fingerprint density at radius 3 is 2.68 bits per heavy atom. The van der Waals surface area contributed by atoms with Crippen molar-refractivity contribution < 1.29 is 23.8 Å². The van der Waals surface area contributed by atoms with E-state index in [1.54, 1.807) is 25.3 Å². The number of methoxy groups -OCH3 is 1. The van der Waals surface area contributed by atoms with E-state index in [1.165, 1.54) is 0 Å². The zero-order valence-corrected chi connectivity index (χ0v) is 14.3. The van der Waals surface area contributed by atoms with Crippen LogP contribution in [0.4, 0.5) is 0 Å². The van der Waals surface area contributed by atoms with Crippen LogP contribution in [0.2, 0.25) is 0 Å². The number of benzene rings is 2. The van der Waals surface area contributed by atoms with Crippen molar-refractivity contribution in [1.29, 1.82) is 0 Å². The van der Waals surface area contributed by atoms with Gasteiger partial charge in [0.2, 0.25) is 0 Å². The molecular weight excluding hydrogens is 322 g/mol. The number of ether oxygens (including phenoxy) is 3. The van der Waals surface area contributed by atoms with Gasteiger partial charge in [-0.3, -0.25) is 9.59 Å². The van der Waals surface area contributed by atoms with Gasteiger partial charge in [0.15, 0.2) is 18.1 Å². The average molecular weight is 343 g/mol. The summed E-state index contributed by atoms with van der Waals surface area (Å²) in [6.45, 7) is 2.49. The summed E-state index contributed by atoms with van der Waals surface area (Å²) in [6, 6.07) is 12.3. The molecule has 0 fully saturated rings.